The molecule has 1 aliphatic heterocycles. The number of urea groups is 1. The fourth-order valence-corrected chi connectivity index (χ4v) is 1.87. The number of carbonyl (C=O) groups excluding carboxylic acids is 1. The fraction of sp³-hybridized carbons (Fsp3) is 0.769. The van der Waals surface area contributed by atoms with Gasteiger partial charge in [0.25, 0.3) is 0 Å². The van der Waals surface area contributed by atoms with E-state index in [0.29, 0.717) is 0 Å². The van der Waals surface area contributed by atoms with Crippen molar-refractivity contribution < 1.29 is 4.79 Å². The van der Waals surface area contributed by atoms with Crippen LogP contribution in [-0.4, -0.2) is 17.5 Å². The highest BCUT2D eigenvalue weighted by molar-refractivity contribution is 6.47. The monoisotopic (exact) mass is 222 g/mol. The van der Waals surface area contributed by atoms with Crippen LogP contribution >= 0.6 is 0 Å². The highest BCUT2D eigenvalue weighted by atomic mass is 16.2. The number of nitrogens with zero attached hydrogens (tertiary/aromatic N) is 2. The van der Waals surface area contributed by atoms with Crippen LogP contribution in [0.5, 0.6) is 0 Å². The molecule has 3 heteroatoms. The fourth-order valence-electron chi connectivity index (χ4n) is 1.87. The Balaban J connectivity index is 2.39. The van der Waals surface area contributed by atoms with Crippen molar-refractivity contribution in [2.24, 2.45) is 9.98 Å². The Bertz CT molecular complexity index is 264. The summed E-state index contributed by atoms with van der Waals surface area (Å²) in [4.78, 5) is 19.1. The zero-order valence-electron chi connectivity index (χ0n) is 10.5. The van der Waals surface area contributed by atoms with Crippen molar-refractivity contribution in [3.05, 3.63) is 0 Å². The Hall–Kier alpha value is -0.990. The third-order valence-electron chi connectivity index (χ3n) is 2.83. The maximum absolute atomic E-state index is 11.2. The molecule has 0 aromatic rings. The SMILES string of the molecule is CCCCCC1=NC(=O)N=C1CCCCC. The molecule has 0 aromatic heterocycles. The van der Waals surface area contributed by atoms with E-state index in [2.05, 4.69) is 23.8 Å². The van der Waals surface area contributed by atoms with Gasteiger partial charge in [0.2, 0.25) is 0 Å². The first-order valence-electron chi connectivity index (χ1n) is 6.47. The van der Waals surface area contributed by atoms with Crippen molar-refractivity contribution >= 4 is 17.5 Å². The number of rotatable bonds is 8. The molecule has 2 amide bonds. The minimum Gasteiger partial charge on any atom is -0.244 e. The van der Waals surface area contributed by atoms with E-state index in [1.54, 1.807) is 0 Å². The minimum absolute atomic E-state index is 0.294. The Kier molecular flexibility index (Phi) is 5.98. The first-order valence-corrected chi connectivity index (χ1v) is 6.47. The van der Waals surface area contributed by atoms with Gasteiger partial charge in [-0.25, -0.2) is 4.79 Å². The molecule has 3 nitrogen and oxygen atoms in total. The topological polar surface area (TPSA) is 41.8 Å². The molecule has 16 heavy (non-hydrogen) atoms. The lowest BCUT2D eigenvalue weighted by atomic mass is 10.0. The summed E-state index contributed by atoms with van der Waals surface area (Å²) in [5.41, 5.74) is 1.91. The molecule has 0 radical (unpaired) electrons. The van der Waals surface area contributed by atoms with Gasteiger partial charge in [-0.3, -0.25) is 0 Å². The second kappa shape index (κ2) is 7.31. The maximum atomic E-state index is 11.2. The first kappa shape index (κ1) is 13.1. The molecular weight excluding hydrogens is 200 g/mol. The van der Waals surface area contributed by atoms with Gasteiger partial charge in [0, 0.05) is 0 Å². The van der Waals surface area contributed by atoms with Crippen LogP contribution in [0.4, 0.5) is 4.79 Å². The average Bonchev–Trinajstić information content (AvgIpc) is 2.60. The van der Waals surface area contributed by atoms with Gasteiger partial charge in [-0.1, -0.05) is 39.5 Å². The largest absolute Gasteiger partial charge is 0.367 e. The molecule has 0 N–H and O–H groups in total. The van der Waals surface area contributed by atoms with E-state index in [9.17, 15) is 4.79 Å². The summed E-state index contributed by atoms with van der Waals surface area (Å²) in [7, 11) is 0. The standard InChI is InChI=1S/C13H22N2O/c1-3-5-7-9-11-12(10-8-6-4-2)15-13(16)14-11/h3-10H2,1-2H3. The number of hydrogen-bond acceptors (Lipinski definition) is 1. The minimum atomic E-state index is -0.294. The molecule has 0 saturated carbocycles. The van der Waals surface area contributed by atoms with Crippen LogP contribution in [0.2, 0.25) is 0 Å². The van der Waals surface area contributed by atoms with Gasteiger partial charge < -0.3 is 0 Å². The number of hydrogen-bond donors (Lipinski definition) is 0. The summed E-state index contributed by atoms with van der Waals surface area (Å²) < 4.78 is 0. The van der Waals surface area contributed by atoms with Crippen molar-refractivity contribution in [2.75, 3.05) is 0 Å². The van der Waals surface area contributed by atoms with Gasteiger partial charge in [0.15, 0.2) is 0 Å². The van der Waals surface area contributed by atoms with E-state index in [0.717, 1.165) is 37.1 Å². The molecular formula is C13H22N2O. The average molecular weight is 222 g/mol. The van der Waals surface area contributed by atoms with E-state index in [1.165, 1.54) is 25.7 Å². The van der Waals surface area contributed by atoms with Gasteiger partial charge in [-0.15, -0.1) is 0 Å². The zero-order valence-corrected chi connectivity index (χ0v) is 10.5. The first-order chi connectivity index (χ1) is 7.77. The number of carbonyl (C=O) groups is 1. The summed E-state index contributed by atoms with van der Waals surface area (Å²) in [6.07, 6.45) is 8.89. The lowest BCUT2D eigenvalue weighted by Crippen LogP contribution is -2.10. The molecule has 0 spiro atoms. The lowest BCUT2D eigenvalue weighted by Gasteiger charge is -2.03. The quantitative estimate of drug-likeness (QED) is 0.568. The normalized spacial score (nSPS) is 15.2. The molecule has 0 bridgehead atoms. The van der Waals surface area contributed by atoms with Crippen molar-refractivity contribution in [3.63, 3.8) is 0 Å². The van der Waals surface area contributed by atoms with Crippen LogP contribution in [-0.2, 0) is 0 Å². The summed E-state index contributed by atoms with van der Waals surface area (Å²) in [5.74, 6) is 0. The molecule has 0 saturated heterocycles. The Morgan fingerprint density at radius 2 is 1.25 bits per heavy atom. The molecule has 0 aliphatic carbocycles. The molecule has 0 atom stereocenters. The summed E-state index contributed by atoms with van der Waals surface area (Å²) in [6.45, 7) is 4.36. The predicted molar refractivity (Wildman–Crippen MR) is 68.6 cm³/mol. The molecule has 0 fully saturated rings. The van der Waals surface area contributed by atoms with Crippen molar-refractivity contribution in [1.29, 1.82) is 0 Å². The van der Waals surface area contributed by atoms with Gasteiger partial charge in [0.1, 0.15) is 0 Å². The van der Waals surface area contributed by atoms with Crippen LogP contribution in [0.1, 0.15) is 65.2 Å². The van der Waals surface area contributed by atoms with Gasteiger partial charge in [0.05, 0.1) is 11.4 Å². The van der Waals surface area contributed by atoms with Crippen LogP contribution in [0.15, 0.2) is 9.98 Å². The van der Waals surface area contributed by atoms with E-state index >= 15 is 0 Å². The van der Waals surface area contributed by atoms with Crippen molar-refractivity contribution in [1.82, 2.24) is 0 Å². The Labute approximate surface area is 98.1 Å². The smallest absolute Gasteiger partial charge is 0.244 e. The van der Waals surface area contributed by atoms with E-state index in [4.69, 9.17) is 0 Å². The van der Waals surface area contributed by atoms with Crippen LogP contribution in [0, 0.1) is 0 Å². The molecule has 0 aromatic carbocycles. The summed E-state index contributed by atoms with van der Waals surface area (Å²) >= 11 is 0. The molecule has 1 rings (SSSR count). The third-order valence-corrected chi connectivity index (χ3v) is 2.83. The van der Waals surface area contributed by atoms with Gasteiger partial charge in [-0.2, -0.15) is 9.98 Å². The predicted octanol–water partition coefficient (Wildman–Crippen LogP) is 4.16. The maximum Gasteiger partial charge on any atom is 0.367 e. The summed E-state index contributed by atoms with van der Waals surface area (Å²) in [6, 6.07) is -0.294. The van der Waals surface area contributed by atoms with Gasteiger partial charge >= 0.3 is 6.03 Å². The molecule has 1 aliphatic rings. The van der Waals surface area contributed by atoms with Crippen LogP contribution < -0.4 is 0 Å². The van der Waals surface area contributed by atoms with E-state index in [-0.39, 0.29) is 6.03 Å². The third kappa shape index (κ3) is 4.25. The van der Waals surface area contributed by atoms with Crippen LogP contribution in [0.3, 0.4) is 0 Å². The zero-order chi connectivity index (χ0) is 11.8. The van der Waals surface area contributed by atoms with Crippen molar-refractivity contribution in [2.45, 2.75) is 65.2 Å². The second-order valence-corrected chi connectivity index (χ2v) is 4.31. The molecule has 0 unspecified atom stereocenters. The highest BCUT2D eigenvalue weighted by Crippen LogP contribution is 2.13. The van der Waals surface area contributed by atoms with E-state index in [1.807, 2.05) is 0 Å². The number of unbranched alkanes of at least 4 members (excludes halogenated alkanes) is 4. The molecule has 1 heterocycles. The Morgan fingerprint density at radius 3 is 1.62 bits per heavy atom. The van der Waals surface area contributed by atoms with Crippen molar-refractivity contribution in [3.8, 4) is 0 Å². The summed E-state index contributed by atoms with van der Waals surface area (Å²) in [5, 5.41) is 0. The highest BCUT2D eigenvalue weighted by Gasteiger charge is 2.17. The van der Waals surface area contributed by atoms with Gasteiger partial charge in [-0.05, 0) is 25.7 Å². The van der Waals surface area contributed by atoms with Crippen LogP contribution in [0.25, 0.3) is 0 Å². The van der Waals surface area contributed by atoms with E-state index < -0.39 is 0 Å². The second-order valence-electron chi connectivity index (χ2n) is 4.31. The molecule has 90 valence electrons. The Morgan fingerprint density at radius 1 is 0.812 bits per heavy atom. The number of aliphatic imine (C=N–C) groups is 2. The lowest BCUT2D eigenvalue weighted by molar-refractivity contribution is 0.257. The number of amides is 2.